The largest absolute Gasteiger partial charge is 0.375 e. The van der Waals surface area contributed by atoms with Crippen molar-refractivity contribution >= 4 is 0 Å². The number of hydrogen-bond acceptors (Lipinski definition) is 2. The number of nitrogens with two attached hydrogens (primary N) is 1. The molecule has 2 N–H and O–H groups in total. The molecule has 0 aromatic heterocycles. The second kappa shape index (κ2) is 6.91. The van der Waals surface area contributed by atoms with E-state index in [4.69, 9.17) is 10.5 Å². The SMILES string of the molecule is COC(c1ccccc1)C(N)CCC1CCCC1. The maximum atomic E-state index is 6.31. The Morgan fingerprint density at radius 3 is 2.50 bits per heavy atom. The average molecular weight is 247 g/mol. The molecule has 1 fully saturated rings. The standard InChI is InChI=1S/C16H25NO/c1-18-16(14-9-3-2-4-10-14)15(17)12-11-13-7-5-6-8-13/h2-4,9-10,13,15-16H,5-8,11-12,17H2,1H3. The summed E-state index contributed by atoms with van der Waals surface area (Å²) < 4.78 is 5.59. The summed E-state index contributed by atoms with van der Waals surface area (Å²) in [6.45, 7) is 0. The van der Waals surface area contributed by atoms with Crippen LogP contribution in [-0.2, 0) is 4.74 Å². The molecule has 1 saturated carbocycles. The van der Waals surface area contributed by atoms with Crippen molar-refractivity contribution in [2.45, 2.75) is 50.7 Å². The Balaban J connectivity index is 1.87. The second-order valence-corrected chi connectivity index (χ2v) is 5.46. The summed E-state index contributed by atoms with van der Waals surface area (Å²) in [5, 5.41) is 0. The van der Waals surface area contributed by atoms with Crippen LogP contribution >= 0.6 is 0 Å². The van der Waals surface area contributed by atoms with Gasteiger partial charge in [-0.3, -0.25) is 0 Å². The minimum Gasteiger partial charge on any atom is -0.375 e. The van der Waals surface area contributed by atoms with Gasteiger partial charge in [-0.1, -0.05) is 56.0 Å². The van der Waals surface area contributed by atoms with E-state index in [0.717, 1.165) is 12.3 Å². The first-order chi connectivity index (χ1) is 8.81. The van der Waals surface area contributed by atoms with Gasteiger partial charge in [-0.15, -0.1) is 0 Å². The number of hydrogen-bond donors (Lipinski definition) is 1. The predicted molar refractivity (Wildman–Crippen MR) is 75.4 cm³/mol. The van der Waals surface area contributed by atoms with Gasteiger partial charge in [0.2, 0.25) is 0 Å². The Labute approximate surface area is 111 Å². The Morgan fingerprint density at radius 2 is 1.89 bits per heavy atom. The van der Waals surface area contributed by atoms with Gasteiger partial charge >= 0.3 is 0 Å². The van der Waals surface area contributed by atoms with E-state index in [-0.39, 0.29) is 12.1 Å². The molecule has 0 spiro atoms. The number of benzene rings is 1. The quantitative estimate of drug-likeness (QED) is 0.832. The normalized spacial score (nSPS) is 19.9. The van der Waals surface area contributed by atoms with Crippen LogP contribution in [0.2, 0.25) is 0 Å². The molecule has 0 saturated heterocycles. The summed E-state index contributed by atoms with van der Waals surface area (Å²) in [4.78, 5) is 0. The van der Waals surface area contributed by atoms with Gasteiger partial charge in [0.1, 0.15) is 0 Å². The monoisotopic (exact) mass is 247 g/mol. The van der Waals surface area contributed by atoms with Gasteiger partial charge in [-0.25, -0.2) is 0 Å². The first-order valence-corrected chi connectivity index (χ1v) is 7.14. The van der Waals surface area contributed by atoms with Gasteiger partial charge in [-0.2, -0.15) is 0 Å². The van der Waals surface area contributed by atoms with E-state index in [1.54, 1.807) is 7.11 Å². The Hall–Kier alpha value is -0.860. The highest BCUT2D eigenvalue weighted by Crippen LogP contribution is 2.30. The lowest BCUT2D eigenvalue weighted by Gasteiger charge is -2.24. The van der Waals surface area contributed by atoms with E-state index in [0.29, 0.717) is 0 Å². The molecule has 100 valence electrons. The zero-order valence-electron chi connectivity index (χ0n) is 11.3. The molecule has 2 unspecified atom stereocenters. The fourth-order valence-corrected chi connectivity index (χ4v) is 3.08. The predicted octanol–water partition coefficient (Wildman–Crippen LogP) is 3.67. The van der Waals surface area contributed by atoms with Gasteiger partial charge in [-0.05, 0) is 24.3 Å². The Morgan fingerprint density at radius 1 is 1.22 bits per heavy atom. The van der Waals surface area contributed by atoms with E-state index in [2.05, 4.69) is 12.1 Å². The second-order valence-electron chi connectivity index (χ2n) is 5.46. The molecule has 0 amide bonds. The van der Waals surface area contributed by atoms with Crippen molar-refractivity contribution in [3.63, 3.8) is 0 Å². The molecule has 0 heterocycles. The lowest BCUT2D eigenvalue weighted by Crippen LogP contribution is -2.30. The lowest BCUT2D eigenvalue weighted by atomic mass is 9.93. The zero-order chi connectivity index (χ0) is 12.8. The summed E-state index contributed by atoms with van der Waals surface area (Å²) in [7, 11) is 1.76. The van der Waals surface area contributed by atoms with E-state index in [1.807, 2.05) is 18.2 Å². The molecule has 2 heteroatoms. The molecule has 0 aliphatic heterocycles. The summed E-state index contributed by atoms with van der Waals surface area (Å²) >= 11 is 0. The fraction of sp³-hybridized carbons (Fsp3) is 0.625. The van der Waals surface area contributed by atoms with Gasteiger partial charge in [0.05, 0.1) is 6.10 Å². The first kappa shape index (κ1) is 13.6. The molecule has 2 atom stereocenters. The van der Waals surface area contributed by atoms with E-state index in [9.17, 15) is 0 Å². The van der Waals surface area contributed by atoms with Crippen LogP contribution in [0, 0.1) is 5.92 Å². The van der Waals surface area contributed by atoms with Gasteiger partial charge < -0.3 is 10.5 Å². The molecule has 0 radical (unpaired) electrons. The van der Waals surface area contributed by atoms with Crippen molar-refractivity contribution in [3.8, 4) is 0 Å². The third kappa shape index (κ3) is 3.56. The summed E-state index contributed by atoms with van der Waals surface area (Å²) in [5.74, 6) is 0.907. The smallest absolute Gasteiger partial charge is 0.0971 e. The lowest BCUT2D eigenvalue weighted by molar-refractivity contribution is 0.0756. The number of rotatable bonds is 6. The Kier molecular flexibility index (Phi) is 5.21. The molecular formula is C16H25NO. The molecule has 2 nitrogen and oxygen atoms in total. The van der Waals surface area contributed by atoms with Crippen molar-refractivity contribution < 1.29 is 4.74 Å². The van der Waals surface area contributed by atoms with Crippen LogP contribution in [0.3, 0.4) is 0 Å². The molecule has 18 heavy (non-hydrogen) atoms. The third-order valence-electron chi connectivity index (χ3n) is 4.15. The minimum atomic E-state index is 0.0348. The van der Waals surface area contributed by atoms with Crippen molar-refractivity contribution in [2.75, 3.05) is 7.11 Å². The first-order valence-electron chi connectivity index (χ1n) is 7.14. The molecule has 0 bridgehead atoms. The molecule has 1 aliphatic carbocycles. The summed E-state index contributed by atoms with van der Waals surface area (Å²) in [6, 6.07) is 10.4. The Bertz CT molecular complexity index is 332. The molecule has 1 aromatic rings. The van der Waals surface area contributed by atoms with E-state index in [1.165, 1.54) is 37.7 Å². The zero-order valence-corrected chi connectivity index (χ0v) is 11.3. The number of ether oxygens (including phenoxy) is 1. The summed E-state index contributed by atoms with van der Waals surface area (Å²) in [6.07, 6.45) is 7.98. The van der Waals surface area contributed by atoms with Crippen LogP contribution in [0.1, 0.15) is 50.2 Å². The highest BCUT2D eigenvalue weighted by atomic mass is 16.5. The van der Waals surface area contributed by atoms with Crippen LogP contribution in [0.4, 0.5) is 0 Å². The van der Waals surface area contributed by atoms with Gasteiger partial charge in [0.25, 0.3) is 0 Å². The highest BCUT2D eigenvalue weighted by Gasteiger charge is 2.22. The maximum absolute atomic E-state index is 6.31. The topological polar surface area (TPSA) is 35.2 Å². The minimum absolute atomic E-state index is 0.0348. The van der Waals surface area contributed by atoms with Gasteiger partial charge in [0, 0.05) is 13.2 Å². The van der Waals surface area contributed by atoms with Crippen molar-refractivity contribution in [2.24, 2.45) is 11.7 Å². The van der Waals surface area contributed by atoms with E-state index >= 15 is 0 Å². The number of methoxy groups -OCH3 is 1. The molecule has 1 aliphatic rings. The molecular weight excluding hydrogens is 222 g/mol. The van der Waals surface area contributed by atoms with Crippen LogP contribution < -0.4 is 5.73 Å². The molecule has 2 rings (SSSR count). The highest BCUT2D eigenvalue weighted by molar-refractivity contribution is 5.19. The average Bonchev–Trinajstić information content (AvgIpc) is 2.92. The van der Waals surface area contributed by atoms with Crippen LogP contribution in [-0.4, -0.2) is 13.2 Å². The molecule has 1 aromatic carbocycles. The van der Waals surface area contributed by atoms with E-state index < -0.39 is 0 Å². The third-order valence-corrected chi connectivity index (χ3v) is 4.15. The van der Waals surface area contributed by atoms with Crippen molar-refractivity contribution in [1.82, 2.24) is 0 Å². The fourth-order valence-electron chi connectivity index (χ4n) is 3.08. The van der Waals surface area contributed by atoms with Crippen LogP contribution in [0.25, 0.3) is 0 Å². The summed E-state index contributed by atoms with van der Waals surface area (Å²) in [5.41, 5.74) is 7.51. The van der Waals surface area contributed by atoms with Crippen molar-refractivity contribution in [1.29, 1.82) is 0 Å². The van der Waals surface area contributed by atoms with Crippen LogP contribution in [0.15, 0.2) is 30.3 Å². The van der Waals surface area contributed by atoms with Crippen LogP contribution in [0.5, 0.6) is 0 Å². The van der Waals surface area contributed by atoms with Gasteiger partial charge in [0.15, 0.2) is 0 Å². The van der Waals surface area contributed by atoms with Crippen molar-refractivity contribution in [3.05, 3.63) is 35.9 Å². The maximum Gasteiger partial charge on any atom is 0.0971 e.